The molecule has 0 saturated carbocycles. The van der Waals surface area contributed by atoms with Gasteiger partial charge in [0, 0.05) is 17.3 Å². The third kappa shape index (κ3) is 3.53. The van der Waals surface area contributed by atoms with Gasteiger partial charge < -0.3 is 10.6 Å². The molecule has 1 aliphatic rings. The normalized spacial score (nSPS) is 23.9. The highest BCUT2D eigenvalue weighted by atomic mass is 32.1. The molecule has 1 aromatic rings. The van der Waals surface area contributed by atoms with Crippen molar-refractivity contribution in [2.24, 2.45) is 5.92 Å². The molecule has 18 heavy (non-hydrogen) atoms. The number of thiazole rings is 1. The van der Waals surface area contributed by atoms with Crippen molar-refractivity contribution < 1.29 is 4.79 Å². The van der Waals surface area contributed by atoms with Crippen molar-refractivity contribution in [3.8, 4) is 0 Å². The highest BCUT2D eigenvalue weighted by Crippen LogP contribution is 2.16. The van der Waals surface area contributed by atoms with E-state index in [1.807, 2.05) is 5.38 Å². The number of rotatable bonds is 4. The summed E-state index contributed by atoms with van der Waals surface area (Å²) in [5.41, 5.74) is 0.979. The summed E-state index contributed by atoms with van der Waals surface area (Å²) in [6.07, 6.45) is 2.83. The Bertz CT molecular complexity index is 405. The zero-order chi connectivity index (χ0) is 13.0. The number of nitrogens with zero attached hydrogens (tertiary/aromatic N) is 1. The summed E-state index contributed by atoms with van der Waals surface area (Å²) in [7, 11) is 0. The number of piperidine rings is 1. The van der Waals surface area contributed by atoms with E-state index in [1.165, 1.54) is 0 Å². The van der Waals surface area contributed by atoms with Gasteiger partial charge in [-0.05, 0) is 32.7 Å². The van der Waals surface area contributed by atoms with Gasteiger partial charge in [-0.1, -0.05) is 6.92 Å². The molecule has 0 radical (unpaired) electrons. The molecule has 1 saturated heterocycles. The van der Waals surface area contributed by atoms with Crippen LogP contribution in [0.2, 0.25) is 0 Å². The van der Waals surface area contributed by atoms with Gasteiger partial charge in [0.05, 0.1) is 17.2 Å². The maximum absolute atomic E-state index is 12.0. The van der Waals surface area contributed by atoms with Crippen molar-refractivity contribution in [3.05, 3.63) is 16.1 Å². The predicted octanol–water partition coefficient (Wildman–Crippen LogP) is 1.71. The van der Waals surface area contributed by atoms with Crippen LogP contribution in [0.4, 0.5) is 0 Å². The van der Waals surface area contributed by atoms with Gasteiger partial charge in [0.1, 0.15) is 0 Å². The summed E-state index contributed by atoms with van der Waals surface area (Å²) < 4.78 is 0. The van der Waals surface area contributed by atoms with Crippen LogP contribution in [0.15, 0.2) is 5.38 Å². The molecule has 1 aromatic heterocycles. The molecule has 4 nitrogen and oxygen atoms in total. The molecule has 2 heterocycles. The van der Waals surface area contributed by atoms with Gasteiger partial charge >= 0.3 is 0 Å². The molecule has 2 rings (SSSR count). The van der Waals surface area contributed by atoms with Crippen LogP contribution < -0.4 is 10.6 Å². The predicted molar refractivity (Wildman–Crippen MR) is 73.5 cm³/mol. The molecular weight excluding hydrogens is 246 g/mol. The van der Waals surface area contributed by atoms with E-state index < -0.39 is 0 Å². The van der Waals surface area contributed by atoms with E-state index >= 15 is 0 Å². The molecule has 2 N–H and O–H groups in total. The van der Waals surface area contributed by atoms with Gasteiger partial charge in [-0.3, -0.25) is 4.79 Å². The first-order chi connectivity index (χ1) is 8.69. The maximum atomic E-state index is 12.0. The number of amides is 1. The largest absolute Gasteiger partial charge is 0.350 e. The third-order valence-corrected chi connectivity index (χ3v) is 4.38. The first kappa shape index (κ1) is 13.5. The minimum absolute atomic E-state index is 0.158. The van der Waals surface area contributed by atoms with E-state index in [9.17, 15) is 4.79 Å². The van der Waals surface area contributed by atoms with Crippen molar-refractivity contribution in [2.75, 3.05) is 6.54 Å². The Morgan fingerprint density at radius 2 is 2.50 bits per heavy atom. The fourth-order valence-electron chi connectivity index (χ4n) is 2.28. The van der Waals surface area contributed by atoms with Crippen LogP contribution in [-0.4, -0.2) is 23.5 Å². The zero-order valence-electron chi connectivity index (χ0n) is 11.0. The second kappa shape index (κ2) is 6.29. The van der Waals surface area contributed by atoms with E-state index in [0.717, 1.165) is 36.5 Å². The molecule has 1 aliphatic heterocycles. The summed E-state index contributed by atoms with van der Waals surface area (Å²) >= 11 is 1.66. The molecule has 100 valence electrons. The van der Waals surface area contributed by atoms with Crippen molar-refractivity contribution in [2.45, 2.75) is 45.7 Å². The molecule has 0 aromatic carbocycles. The van der Waals surface area contributed by atoms with E-state index in [1.54, 1.807) is 11.3 Å². The molecule has 0 spiro atoms. The van der Waals surface area contributed by atoms with E-state index in [4.69, 9.17) is 0 Å². The Hall–Kier alpha value is -0.940. The number of hydrogen-bond donors (Lipinski definition) is 2. The first-order valence-corrected chi connectivity index (χ1v) is 7.51. The Morgan fingerprint density at radius 1 is 1.67 bits per heavy atom. The highest BCUT2D eigenvalue weighted by Gasteiger charge is 2.24. The van der Waals surface area contributed by atoms with Gasteiger partial charge in [0.15, 0.2) is 0 Å². The molecule has 1 fully saturated rings. The summed E-state index contributed by atoms with van der Waals surface area (Å²) in [5.74, 6) is 0.333. The van der Waals surface area contributed by atoms with Crippen LogP contribution >= 0.6 is 11.3 Å². The number of carbonyl (C=O) groups excluding carboxylic acids is 1. The Morgan fingerprint density at radius 3 is 3.17 bits per heavy atom. The van der Waals surface area contributed by atoms with Crippen LogP contribution in [0.1, 0.15) is 37.4 Å². The topological polar surface area (TPSA) is 54.0 Å². The van der Waals surface area contributed by atoms with Gasteiger partial charge in [-0.2, -0.15) is 0 Å². The Labute approximate surface area is 112 Å². The van der Waals surface area contributed by atoms with Crippen LogP contribution in [0.3, 0.4) is 0 Å². The van der Waals surface area contributed by atoms with Crippen LogP contribution in [0, 0.1) is 5.92 Å². The van der Waals surface area contributed by atoms with E-state index in [-0.39, 0.29) is 11.8 Å². The second-order valence-electron chi connectivity index (χ2n) is 4.88. The average molecular weight is 267 g/mol. The number of nitrogens with one attached hydrogen (secondary N) is 2. The minimum Gasteiger partial charge on any atom is -0.350 e. The van der Waals surface area contributed by atoms with Crippen molar-refractivity contribution >= 4 is 17.2 Å². The number of hydrogen-bond acceptors (Lipinski definition) is 4. The van der Waals surface area contributed by atoms with Crippen molar-refractivity contribution in [3.63, 3.8) is 0 Å². The van der Waals surface area contributed by atoms with Crippen molar-refractivity contribution in [1.82, 2.24) is 15.6 Å². The fraction of sp³-hybridized carbons (Fsp3) is 0.692. The summed E-state index contributed by atoms with van der Waals surface area (Å²) in [5, 5.41) is 9.53. The third-order valence-electron chi connectivity index (χ3n) is 3.34. The van der Waals surface area contributed by atoms with E-state index in [2.05, 4.69) is 29.5 Å². The van der Waals surface area contributed by atoms with Gasteiger partial charge in [-0.25, -0.2) is 4.98 Å². The molecule has 0 unspecified atom stereocenters. The SMILES string of the molecule is CCc1nc(CNC(=O)[C@H]2CCN[C@@H](C)C2)cs1. The Balaban J connectivity index is 1.80. The number of aromatic nitrogens is 1. The van der Waals surface area contributed by atoms with Crippen molar-refractivity contribution in [1.29, 1.82) is 0 Å². The van der Waals surface area contributed by atoms with Crippen LogP contribution in [0.25, 0.3) is 0 Å². The smallest absolute Gasteiger partial charge is 0.223 e. The lowest BCUT2D eigenvalue weighted by molar-refractivity contribution is -0.126. The number of carbonyl (C=O) groups is 1. The molecular formula is C13H21N3OS. The highest BCUT2D eigenvalue weighted by molar-refractivity contribution is 7.09. The number of aryl methyl sites for hydroxylation is 1. The summed E-state index contributed by atoms with van der Waals surface area (Å²) in [6, 6.07) is 0.445. The quantitative estimate of drug-likeness (QED) is 0.873. The summed E-state index contributed by atoms with van der Waals surface area (Å²) in [4.78, 5) is 16.5. The summed E-state index contributed by atoms with van der Waals surface area (Å²) in [6.45, 7) is 5.73. The van der Waals surface area contributed by atoms with Crippen LogP contribution in [-0.2, 0) is 17.8 Å². The van der Waals surface area contributed by atoms with Gasteiger partial charge in [0.25, 0.3) is 0 Å². The molecule has 0 bridgehead atoms. The first-order valence-electron chi connectivity index (χ1n) is 6.63. The monoisotopic (exact) mass is 267 g/mol. The Kier molecular flexibility index (Phi) is 4.72. The lowest BCUT2D eigenvalue weighted by atomic mass is 9.92. The maximum Gasteiger partial charge on any atom is 0.223 e. The lowest BCUT2D eigenvalue weighted by Crippen LogP contribution is -2.42. The molecule has 0 aliphatic carbocycles. The van der Waals surface area contributed by atoms with Gasteiger partial charge in [0.2, 0.25) is 5.91 Å². The van der Waals surface area contributed by atoms with E-state index in [0.29, 0.717) is 12.6 Å². The standard InChI is InChI=1S/C13H21N3OS/c1-3-12-16-11(8-18-12)7-15-13(17)10-4-5-14-9(2)6-10/h8-10,14H,3-7H2,1-2H3,(H,15,17)/t9-,10-/m0/s1. The molecule has 2 atom stereocenters. The zero-order valence-corrected chi connectivity index (χ0v) is 11.8. The second-order valence-corrected chi connectivity index (χ2v) is 5.82. The van der Waals surface area contributed by atoms with Gasteiger partial charge in [-0.15, -0.1) is 11.3 Å². The molecule has 1 amide bonds. The molecule has 5 heteroatoms. The van der Waals surface area contributed by atoms with Crippen LogP contribution in [0.5, 0.6) is 0 Å². The lowest BCUT2D eigenvalue weighted by Gasteiger charge is -2.26. The fourth-order valence-corrected chi connectivity index (χ4v) is 3.03. The average Bonchev–Trinajstić information content (AvgIpc) is 2.84. The minimum atomic E-state index is 0.158.